The van der Waals surface area contributed by atoms with Crippen molar-refractivity contribution in [2.24, 2.45) is 17.8 Å². The molecule has 1 fully saturated rings. The van der Waals surface area contributed by atoms with E-state index in [2.05, 4.69) is 19.9 Å². The van der Waals surface area contributed by atoms with E-state index in [1.54, 1.807) is 0 Å². The molecule has 3 N–H and O–H groups in total. The zero-order chi connectivity index (χ0) is 18.7. The van der Waals surface area contributed by atoms with Gasteiger partial charge < -0.3 is 15.3 Å². The largest absolute Gasteiger partial charge is 0.481 e. The van der Waals surface area contributed by atoms with Gasteiger partial charge in [0, 0.05) is 6.42 Å². The Morgan fingerprint density at radius 1 is 1.16 bits per heavy atom. The summed E-state index contributed by atoms with van der Waals surface area (Å²) in [6, 6.07) is 0. The van der Waals surface area contributed by atoms with Gasteiger partial charge in [-0.1, -0.05) is 64.5 Å². The van der Waals surface area contributed by atoms with Crippen LogP contribution in [0.15, 0.2) is 12.2 Å². The van der Waals surface area contributed by atoms with Gasteiger partial charge >= 0.3 is 5.97 Å². The van der Waals surface area contributed by atoms with Crippen LogP contribution in [0.25, 0.3) is 0 Å². The Bertz CT molecular complexity index is 393. The standard InChI is InChI=1S/C21H38O4/c1-3-4-7-10-18(22)14-13-17-15-16(2)21(25)19(17)11-8-5-6-9-12-20(23)24/h13-14,16-19,21-22,25H,3-12,15H2,1-2H3,(H,23,24). The molecule has 0 aromatic rings. The molecule has 1 rings (SSSR count). The second-order valence-corrected chi connectivity index (χ2v) is 7.83. The average Bonchev–Trinajstić information content (AvgIpc) is 2.83. The number of carboxylic acid groups (broad SMARTS) is 1. The molecule has 0 saturated heterocycles. The summed E-state index contributed by atoms with van der Waals surface area (Å²) in [5, 5.41) is 29.2. The molecule has 146 valence electrons. The van der Waals surface area contributed by atoms with Crippen molar-refractivity contribution in [3.8, 4) is 0 Å². The highest BCUT2D eigenvalue weighted by molar-refractivity contribution is 5.66. The summed E-state index contributed by atoms with van der Waals surface area (Å²) in [7, 11) is 0. The lowest BCUT2D eigenvalue weighted by Crippen LogP contribution is -2.21. The first-order valence-corrected chi connectivity index (χ1v) is 10.2. The van der Waals surface area contributed by atoms with Crippen LogP contribution in [0.1, 0.15) is 84.5 Å². The molecule has 0 bridgehead atoms. The highest BCUT2D eigenvalue weighted by Crippen LogP contribution is 2.40. The van der Waals surface area contributed by atoms with Crippen molar-refractivity contribution in [2.45, 2.75) is 96.7 Å². The lowest BCUT2D eigenvalue weighted by Gasteiger charge is -2.20. The molecule has 4 nitrogen and oxygen atoms in total. The highest BCUT2D eigenvalue weighted by atomic mass is 16.4. The molecule has 1 aliphatic rings. The molecule has 0 amide bonds. The Hall–Kier alpha value is -0.870. The Kier molecular flexibility index (Phi) is 11.1. The maximum absolute atomic E-state index is 10.5. The fraction of sp³-hybridized carbons (Fsp3) is 0.857. The van der Waals surface area contributed by atoms with Gasteiger partial charge in [0.1, 0.15) is 0 Å². The van der Waals surface area contributed by atoms with E-state index in [9.17, 15) is 15.0 Å². The molecule has 0 spiro atoms. The van der Waals surface area contributed by atoms with E-state index in [-0.39, 0.29) is 24.5 Å². The minimum atomic E-state index is -0.720. The van der Waals surface area contributed by atoms with Crippen LogP contribution >= 0.6 is 0 Å². The topological polar surface area (TPSA) is 77.8 Å². The van der Waals surface area contributed by atoms with Crippen LogP contribution in [0.5, 0.6) is 0 Å². The van der Waals surface area contributed by atoms with Crippen LogP contribution in [-0.4, -0.2) is 33.5 Å². The maximum Gasteiger partial charge on any atom is 0.303 e. The van der Waals surface area contributed by atoms with Crippen LogP contribution in [0.4, 0.5) is 0 Å². The molecular formula is C21H38O4. The Morgan fingerprint density at radius 3 is 2.56 bits per heavy atom. The third-order valence-corrected chi connectivity index (χ3v) is 5.58. The third-order valence-electron chi connectivity index (χ3n) is 5.58. The van der Waals surface area contributed by atoms with Crippen molar-refractivity contribution in [2.75, 3.05) is 0 Å². The molecule has 4 heteroatoms. The summed E-state index contributed by atoms with van der Waals surface area (Å²) in [6.07, 6.45) is 13.6. The molecule has 0 radical (unpaired) electrons. The second-order valence-electron chi connectivity index (χ2n) is 7.83. The monoisotopic (exact) mass is 354 g/mol. The Morgan fingerprint density at radius 2 is 1.88 bits per heavy atom. The first-order valence-electron chi connectivity index (χ1n) is 10.2. The summed E-state index contributed by atoms with van der Waals surface area (Å²) in [5.74, 6) is 0.213. The molecule has 1 saturated carbocycles. The molecule has 1 aliphatic carbocycles. The zero-order valence-corrected chi connectivity index (χ0v) is 16.1. The maximum atomic E-state index is 10.5. The van der Waals surface area contributed by atoms with Gasteiger partial charge in [0.05, 0.1) is 12.2 Å². The summed E-state index contributed by atoms with van der Waals surface area (Å²) >= 11 is 0. The Balaban J connectivity index is 2.36. The normalized spacial score (nSPS) is 27.8. The molecule has 25 heavy (non-hydrogen) atoms. The van der Waals surface area contributed by atoms with Crippen LogP contribution in [0.2, 0.25) is 0 Å². The highest BCUT2D eigenvalue weighted by Gasteiger charge is 2.38. The number of carboxylic acids is 1. The van der Waals surface area contributed by atoms with Gasteiger partial charge in [-0.15, -0.1) is 0 Å². The van der Waals surface area contributed by atoms with E-state index in [1.807, 2.05) is 6.08 Å². The predicted molar refractivity (Wildman–Crippen MR) is 101 cm³/mol. The summed E-state index contributed by atoms with van der Waals surface area (Å²) in [4.78, 5) is 10.5. The first-order chi connectivity index (χ1) is 12.0. The number of unbranched alkanes of at least 4 members (excludes halogenated alkanes) is 5. The van der Waals surface area contributed by atoms with Crippen molar-refractivity contribution < 1.29 is 20.1 Å². The molecule has 0 aromatic heterocycles. The van der Waals surface area contributed by atoms with Crippen LogP contribution in [-0.2, 0) is 4.79 Å². The van der Waals surface area contributed by atoms with Gasteiger partial charge in [-0.05, 0) is 43.4 Å². The van der Waals surface area contributed by atoms with Gasteiger partial charge in [-0.2, -0.15) is 0 Å². The van der Waals surface area contributed by atoms with Crippen molar-refractivity contribution in [1.82, 2.24) is 0 Å². The van der Waals surface area contributed by atoms with Gasteiger partial charge in [0.15, 0.2) is 0 Å². The van der Waals surface area contributed by atoms with E-state index in [0.717, 1.165) is 64.2 Å². The summed E-state index contributed by atoms with van der Waals surface area (Å²) in [5.41, 5.74) is 0. The van der Waals surface area contributed by atoms with Crippen LogP contribution in [0.3, 0.4) is 0 Å². The van der Waals surface area contributed by atoms with E-state index in [1.165, 1.54) is 0 Å². The zero-order valence-electron chi connectivity index (χ0n) is 16.1. The van der Waals surface area contributed by atoms with Crippen molar-refractivity contribution in [3.63, 3.8) is 0 Å². The number of aliphatic hydroxyl groups is 2. The van der Waals surface area contributed by atoms with Crippen LogP contribution in [0, 0.1) is 17.8 Å². The first kappa shape index (κ1) is 22.2. The number of allylic oxidation sites excluding steroid dienone is 1. The molecule has 0 aliphatic heterocycles. The summed E-state index contributed by atoms with van der Waals surface area (Å²) < 4.78 is 0. The molecule has 5 atom stereocenters. The van der Waals surface area contributed by atoms with E-state index >= 15 is 0 Å². The van der Waals surface area contributed by atoms with E-state index < -0.39 is 5.97 Å². The molecule has 0 heterocycles. The number of rotatable bonds is 13. The quantitative estimate of drug-likeness (QED) is 0.335. The number of aliphatic hydroxyl groups excluding tert-OH is 2. The molecular weight excluding hydrogens is 316 g/mol. The Labute approximate surface area is 153 Å². The lowest BCUT2D eigenvalue weighted by atomic mass is 9.88. The SMILES string of the molecule is CCCCCC(O)C=CC1CC(C)C(O)C1CCCCCCC(=O)O. The lowest BCUT2D eigenvalue weighted by molar-refractivity contribution is -0.137. The predicted octanol–water partition coefficient (Wildman–Crippen LogP) is 4.54. The van der Waals surface area contributed by atoms with Gasteiger partial charge in [0.2, 0.25) is 0 Å². The van der Waals surface area contributed by atoms with Crippen molar-refractivity contribution >= 4 is 5.97 Å². The van der Waals surface area contributed by atoms with Gasteiger partial charge in [-0.3, -0.25) is 4.79 Å². The molecule has 0 aromatic carbocycles. The number of carbonyl (C=O) groups is 1. The average molecular weight is 355 g/mol. The van der Waals surface area contributed by atoms with Gasteiger partial charge in [-0.25, -0.2) is 0 Å². The number of aliphatic carboxylic acids is 1. The second kappa shape index (κ2) is 12.5. The minimum absolute atomic E-state index is 0.254. The van der Waals surface area contributed by atoms with Gasteiger partial charge in [0.25, 0.3) is 0 Å². The third kappa shape index (κ3) is 8.87. The van der Waals surface area contributed by atoms with Crippen LogP contribution < -0.4 is 0 Å². The number of hydrogen-bond donors (Lipinski definition) is 3. The minimum Gasteiger partial charge on any atom is -0.481 e. The fourth-order valence-electron chi connectivity index (χ4n) is 4.01. The van der Waals surface area contributed by atoms with Crippen molar-refractivity contribution in [1.29, 1.82) is 0 Å². The summed E-state index contributed by atoms with van der Waals surface area (Å²) in [6.45, 7) is 4.27. The van der Waals surface area contributed by atoms with E-state index in [0.29, 0.717) is 11.8 Å². The molecule has 5 unspecified atom stereocenters. The number of hydrogen-bond acceptors (Lipinski definition) is 3. The van der Waals surface area contributed by atoms with E-state index in [4.69, 9.17) is 5.11 Å². The smallest absolute Gasteiger partial charge is 0.303 e. The fourth-order valence-corrected chi connectivity index (χ4v) is 4.01. The van der Waals surface area contributed by atoms with Crippen molar-refractivity contribution in [3.05, 3.63) is 12.2 Å².